The summed E-state index contributed by atoms with van der Waals surface area (Å²) in [6.45, 7) is 1.25. The van der Waals surface area contributed by atoms with E-state index in [9.17, 15) is 9.50 Å². The Morgan fingerprint density at radius 3 is 3.07 bits per heavy atom. The lowest BCUT2D eigenvalue weighted by atomic mass is 9.88. The lowest BCUT2D eigenvalue weighted by molar-refractivity contribution is 0.0752. The molecule has 1 N–H and O–H groups in total. The first-order valence-electron chi connectivity index (χ1n) is 5.35. The maximum atomic E-state index is 13.4. The number of rotatable bonds is 1. The van der Waals surface area contributed by atoms with Gasteiger partial charge in [0.15, 0.2) is 0 Å². The molecule has 0 amide bonds. The predicted octanol–water partition coefficient (Wildman–Crippen LogP) is 1.43. The average molecular weight is 207 g/mol. The zero-order chi connectivity index (χ0) is 10.5. The molecule has 0 unspecified atom stereocenters. The Balaban J connectivity index is 2.12. The lowest BCUT2D eigenvalue weighted by Gasteiger charge is -2.30. The number of hydrogen-bond donors (Lipinski definition) is 1. The summed E-state index contributed by atoms with van der Waals surface area (Å²) in [7, 11) is 0. The van der Waals surface area contributed by atoms with Crippen molar-refractivity contribution in [1.82, 2.24) is 4.90 Å². The van der Waals surface area contributed by atoms with E-state index in [-0.39, 0.29) is 6.61 Å². The van der Waals surface area contributed by atoms with Gasteiger partial charge in [-0.05, 0) is 11.1 Å². The topological polar surface area (TPSA) is 23.5 Å². The van der Waals surface area contributed by atoms with Crippen LogP contribution in [0.5, 0.6) is 0 Å². The summed E-state index contributed by atoms with van der Waals surface area (Å²) in [5.41, 5.74) is 1.92. The van der Waals surface area contributed by atoms with E-state index in [1.54, 1.807) is 0 Å². The van der Waals surface area contributed by atoms with Crippen LogP contribution in [0.2, 0.25) is 0 Å². The number of halogens is 1. The van der Waals surface area contributed by atoms with E-state index in [1.165, 1.54) is 5.56 Å². The molecule has 1 aromatic carbocycles. The van der Waals surface area contributed by atoms with E-state index in [2.05, 4.69) is 11.0 Å². The molecule has 0 spiro atoms. The van der Waals surface area contributed by atoms with Gasteiger partial charge in [0.1, 0.15) is 6.17 Å². The van der Waals surface area contributed by atoms with E-state index in [4.69, 9.17) is 0 Å². The van der Waals surface area contributed by atoms with E-state index in [0.717, 1.165) is 12.1 Å². The van der Waals surface area contributed by atoms with Gasteiger partial charge in [-0.1, -0.05) is 24.3 Å². The summed E-state index contributed by atoms with van der Waals surface area (Å²) in [4.78, 5) is 2.07. The van der Waals surface area contributed by atoms with Gasteiger partial charge in [-0.3, -0.25) is 4.90 Å². The Kier molecular flexibility index (Phi) is 1.88. The van der Waals surface area contributed by atoms with Gasteiger partial charge in [0.2, 0.25) is 0 Å². The second-order valence-corrected chi connectivity index (χ2v) is 4.53. The monoisotopic (exact) mass is 207 g/mol. The summed E-state index contributed by atoms with van der Waals surface area (Å²) >= 11 is 0. The molecule has 80 valence electrons. The minimum atomic E-state index is -0.800. The second-order valence-electron chi connectivity index (χ2n) is 4.53. The van der Waals surface area contributed by atoms with Crippen molar-refractivity contribution in [3.05, 3.63) is 35.4 Å². The third kappa shape index (κ3) is 1.11. The van der Waals surface area contributed by atoms with Crippen LogP contribution in [0.1, 0.15) is 17.5 Å². The third-order valence-corrected chi connectivity index (χ3v) is 3.72. The summed E-state index contributed by atoms with van der Waals surface area (Å²) in [6, 6.07) is 8.05. The molecule has 1 aromatic rings. The number of hydrogen-bond acceptors (Lipinski definition) is 2. The number of aliphatic hydroxyl groups excluding tert-OH is 1. The Hall–Kier alpha value is -0.930. The summed E-state index contributed by atoms with van der Waals surface area (Å²) in [6.07, 6.45) is -0.369. The first kappa shape index (κ1) is 9.31. The van der Waals surface area contributed by atoms with Crippen molar-refractivity contribution in [2.75, 3.05) is 13.2 Å². The molecule has 3 heteroatoms. The molecule has 3 rings (SSSR count). The van der Waals surface area contributed by atoms with Gasteiger partial charge in [0, 0.05) is 19.5 Å². The highest BCUT2D eigenvalue weighted by molar-refractivity contribution is 5.40. The predicted molar refractivity (Wildman–Crippen MR) is 55.1 cm³/mol. The van der Waals surface area contributed by atoms with Crippen LogP contribution >= 0.6 is 0 Å². The Labute approximate surface area is 88.3 Å². The fourth-order valence-corrected chi connectivity index (χ4v) is 3.04. The molecule has 1 saturated heterocycles. The van der Waals surface area contributed by atoms with Crippen LogP contribution in [0.25, 0.3) is 0 Å². The normalized spacial score (nSPS) is 34.1. The smallest absolute Gasteiger partial charge is 0.115 e. The fourth-order valence-electron chi connectivity index (χ4n) is 3.04. The maximum absolute atomic E-state index is 13.4. The van der Waals surface area contributed by atoms with E-state index in [1.807, 2.05) is 18.2 Å². The van der Waals surface area contributed by atoms with Gasteiger partial charge < -0.3 is 5.11 Å². The van der Waals surface area contributed by atoms with Crippen LogP contribution in [0.15, 0.2) is 24.3 Å². The molecular formula is C12H14FNO. The quantitative estimate of drug-likeness (QED) is 0.753. The maximum Gasteiger partial charge on any atom is 0.115 e. The molecule has 2 aliphatic rings. The largest absolute Gasteiger partial charge is 0.394 e. The zero-order valence-electron chi connectivity index (χ0n) is 8.49. The molecule has 0 saturated carbocycles. The first-order chi connectivity index (χ1) is 7.26. The van der Waals surface area contributed by atoms with Gasteiger partial charge >= 0.3 is 0 Å². The molecule has 0 aromatic heterocycles. The molecule has 2 atom stereocenters. The lowest BCUT2D eigenvalue weighted by Crippen LogP contribution is -2.38. The van der Waals surface area contributed by atoms with Crippen LogP contribution < -0.4 is 0 Å². The van der Waals surface area contributed by atoms with E-state index >= 15 is 0 Å². The van der Waals surface area contributed by atoms with E-state index < -0.39 is 11.7 Å². The van der Waals surface area contributed by atoms with Crippen LogP contribution in [0.4, 0.5) is 4.39 Å². The minimum Gasteiger partial charge on any atom is -0.394 e. The van der Waals surface area contributed by atoms with Crippen molar-refractivity contribution in [2.24, 2.45) is 0 Å². The van der Waals surface area contributed by atoms with Crippen LogP contribution in [0.3, 0.4) is 0 Å². The molecule has 0 aliphatic carbocycles. The SMILES string of the molecule is OC[C@@]12C[C@@H](F)CN1Cc1ccccc12. The van der Waals surface area contributed by atoms with Crippen molar-refractivity contribution in [3.8, 4) is 0 Å². The van der Waals surface area contributed by atoms with E-state index in [0.29, 0.717) is 13.0 Å². The Bertz CT molecular complexity index is 395. The number of aliphatic hydroxyl groups is 1. The number of nitrogens with zero attached hydrogens (tertiary/aromatic N) is 1. The van der Waals surface area contributed by atoms with Gasteiger partial charge in [0.25, 0.3) is 0 Å². The number of alkyl halides is 1. The minimum absolute atomic E-state index is 0.0183. The molecule has 0 radical (unpaired) electrons. The molecule has 15 heavy (non-hydrogen) atoms. The van der Waals surface area contributed by atoms with Gasteiger partial charge in [-0.25, -0.2) is 4.39 Å². The first-order valence-corrected chi connectivity index (χ1v) is 5.35. The van der Waals surface area contributed by atoms with Crippen molar-refractivity contribution in [3.63, 3.8) is 0 Å². The summed E-state index contributed by atoms with van der Waals surface area (Å²) < 4.78 is 13.4. The van der Waals surface area contributed by atoms with Crippen LogP contribution in [-0.2, 0) is 12.1 Å². The summed E-state index contributed by atoms with van der Waals surface area (Å²) in [5.74, 6) is 0. The van der Waals surface area contributed by atoms with Crippen molar-refractivity contribution < 1.29 is 9.50 Å². The second kappa shape index (κ2) is 3.03. The van der Waals surface area contributed by atoms with Crippen molar-refractivity contribution in [1.29, 1.82) is 0 Å². The molecule has 0 bridgehead atoms. The Morgan fingerprint density at radius 1 is 1.47 bits per heavy atom. The molecule has 2 nitrogen and oxygen atoms in total. The highest BCUT2D eigenvalue weighted by atomic mass is 19.1. The highest BCUT2D eigenvalue weighted by Crippen LogP contribution is 2.46. The van der Waals surface area contributed by atoms with Crippen molar-refractivity contribution in [2.45, 2.75) is 24.7 Å². The van der Waals surface area contributed by atoms with Crippen LogP contribution in [-0.4, -0.2) is 29.3 Å². The van der Waals surface area contributed by atoms with Crippen molar-refractivity contribution >= 4 is 0 Å². The van der Waals surface area contributed by atoms with Gasteiger partial charge in [-0.15, -0.1) is 0 Å². The average Bonchev–Trinajstić information content (AvgIpc) is 2.69. The van der Waals surface area contributed by atoms with Gasteiger partial charge in [-0.2, -0.15) is 0 Å². The number of fused-ring (bicyclic) bond motifs is 3. The molecule has 2 heterocycles. The van der Waals surface area contributed by atoms with Gasteiger partial charge in [0.05, 0.1) is 12.1 Å². The Morgan fingerprint density at radius 2 is 2.27 bits per heavy atom. The fraction of sp³-hybridized carbons (Fsp3) is 0.500. The number of benzene rings is 1. The zero-order valence-corrected chi connectivity index (χ0v) is 8.49. The molecule has 1 fully saturated rings. The standard InChI is InChI=1S/C12H14FNO/c13-10-5-12(8-15)11-4-2-1-3-9(11)6-14(12)7-10/h1-4,10,15H,5-8H2/t10-,12-/m1/s1. The molecule has 2 aliphatic heterocycles. The highest BCUT2D eigenvalue weighted by Gasteiger charge is 2.51. The van der Waals surface area contributed by atoms with Crippen LogP contribution in [0, 0.1) is 0 Å². The third-order valence-electron chi connectivity index (χ3n) is 3.72. The molecular weight excluding hydrogens is 193 g/mol. The summed E-state index contributed by atoms with van der Waals surface area (Å²) in [5, 5.41) is 9.58.